The molecule has 0 bridgehead atoms. The Bertz CT molecular complexity index is 1070. The van der Waals surface area contributed by atoms with E-state index in [2.05, 4.69) is 4.72 Å². The van der Waals surface area contributed by atoms with E-state index in [4.69, 9.17) is 16.0 Å². The van der Waals surface area contributed by atoms with Crippen LogP contribution in [0.15, 0.2) is 50.5 Å². The number of aromatic nitrogens is 1. The molecule has 0 atom stereocenters. The molecule has 1 N–H and O–H groups in total. The summed E-state index contributed by atoms with van der Waals surface area (Å²) >= 11 is 6.11. The minimum atomic E-state index is -3.91. The van der Waals surface area contributed by atoms with Crippen molar-refractivity contribution in [2.45, 2.75) is 18.2 Å². The normalized spacial score (nSPS) is 11.8. The summed E-state index contributed by atoms with van der Waals surface area (Å²) in [5.74, 6) is -0.585. The first-order chi connectivity index (χ1) is 11.3. The van der Waals surface area contributed by atoms with Crippen molar-refractivity contribution in [3.05, 3.63) is 57.5 Å². The van der Waals surface area contributed by atoms with Crippen LogP contribution < -0.4 is 10.5 Å². The number of rotatable bonds is 4. The summed E-state index contributed by atoms with van der Waals surface area (Å²) in [5.41, 5.74) is 2.12. The van der Waals surface area contributed by atoms with Crippen LogP contribution in [0.5, 0.6) is 0 Å². The molecule has 0 unspecified atom stereocenters. The van der Waals surface area contributed by atoms with Crippen molar-refractivity contribution in [3.8, 4) is 0 Å². The van der Waals surface area contributed by atoms with Crippen LogP contribution in [-0.2, 0) is 23.5 Å². The predicted octanol–water partition coefficient (Wildman–Crippen LogP) is 3.15. The van der Waals surface area contributed by atoms with Crippen LogP contribution in [0.3, 0.4) is 0 Å². The number of aryl methyl sites for hydroxylation is 2. The number of nitrogens with zero attached hydrogens (tertiary/aromatic N) is 1. The third-order valence-corrected chi connectivity index (χ3v) is 5.60. The molecule has 3 aromatic rings. The van der Waals surface area contributed by atoms with Crippen LogP contribution in [-0.4, -0.2) is 13.0 Å². The van der Waals surface area contributed by atoms with E-state index in [1.165, 1.54) is 23.7 Å². The second kappa shape index (κ2) is 5.99. The second-order valence-electron chi connectivity index (χ2n) is 5.33. The monoisotopic (exact) mass is 366 g/mol. The zero-order valence-electron chi connectivity index (χ0n) is 13.0. The molecule has 0 aliphatic rings. The molecule has 2 aromatic carbocycles. The van der Waals surface area contributed by atoms with Crippen molar-refractivity contribution in [2.75, 3.05) is 4.72 Å². The molecule has 6 nitrogen and oxygen atoms in total. The molecule has 0 saturated heterocycles. The van der Waals surface area contributed by atoms with Gasteiger partial charge in [-0.2, -0.15) is 0 Å². The Morgan fingerprint density at radius 2 is 1.88 bits per heavy atom. The van der Waals surface area contributed by atoms with Crippen LogP contribution in [0, 0.1) is 0 Å². The average Bonchev–Trinajstić information content (AvgIpc) is 2.81. The van der Waals surface area contributed by atoms with Crippen molar-refractivity contribution in [2.24, 2.45) is 7.05 Å². The van der Waals surface area contributed by atoms with Gasteiger partial charge in [-0.05, 0) is 30.2 Å². The minimum absolute atomic E-state index is 0.0107. The van der Waals surface area contributed by atoms with E-state index in [9.17, 15) is 13.2 Å². The minimum Gasteiger partial charge on any atom is -0.408 e. The van der Waals surface area contributed by atoms with Gasteiger partial charge in [-0.1, -0.05) is 30.7 Å². The average molecular weight is 367 g/mol. The lowest BCUT2D eigenvalue weighted by atomic mass is 10.2. The van der Waals surface area contributed by atoms with Crippen LogP contribution >= 0.6 is 11.6 Å². The van der Waals surface area contributed by atoms with E-state index in [0.717, 1.165) is 12.0 Å². The Labute approximate surface area is 143 Å². The Hall–Kier alpha value is -2.25. The standard InChI is InChI=1S/C16H15ClN2O4S/c1-3-10-4-6-11(7-5-10)18-24(21,22)15-9-14-13(8-12(15)17)19(2)16(20)23-14/h4-9,18H,3H2,1-2H3. The molecule has 0 saturated carbocycles. The zero-order valence-corrected chi connectivity index (χ0v) is 14.6. The maximum atomic E-state index is 12.6. The Balaban J connectivity index is 2.03. The van der Waals surface area contributed by atoms with Crippen molar-refractivity contribution in [1.82, 2.24) is 4.57 Å². The molecule has 0 radical (unpaired) electrons. The van der Waals surface area contributed by atoms with Crippen molar-refractivity contribution < 1.29 is 12.8 Å². The van der Waals surface area contributed by atoms with E-state index in [-0.39, 0.29) is 15.5 Å². The quantitative estimate of drug-likeness (QED) is 0.769. The van der Waals surface area contributed by atoms with Gasteiger partial charge in [0.25, 0.3) is 10.0 Å². The summed E-state index contributed by atoms with van der Waals surface area (Å²) in [6, 6.07) is 9.72. The first-order valence-electron chi connectivity index (χ1n) is 7.22. The Morgan fingerprint density at radius 1 is 1.21 bits per heavy atom. The highest BCUT2D eigenvalue weighted by Gasteiger charge is 2.21. The predicted molar refractivity (Wildman–Crippen MR) is 93.1 cm³/mol. The van der Waals surface area contributed by atoms with E-state index in [0.29, 0.717) is 11.2 Å². The second-order valence-corrected chi connectivity index (χ2v) is 7.39. The van der Waals surface area contributed by atoms with Crippen LogP contribution in [0.4, 0.5) is 5.69 Å². The molecule has 3 rings (SSSR count). The molecular formula is C16H15ClN2O4S. The molecule has 0 fully saturated rings. The van der Waals surface area contributed by atoms with Crippen molar-refractivity contribution >= 4 is 38.4 Å². The van der Waals surface area contributed by atoms with Crippen LogP contribution in [0.1, 0.15) is 12.5 Å². The maximum Gasteiger partial charge on any atom is 0.419 e. The molecule has 1 heterocycles. The highest BCUT2D eigenvalue weighted by Crippen LogP contribution is 2.28. The lowest BCUT2D eigenvalue weighted by molar-refractivity contribution is 0.527. The highest BCUT2D eigenvalue weighted by atomic mass is 35.5. The van der Waals surface area contributed by atoms with Gasteiger partial charge in [0.05, 0.1) is 10.5 Å². The van der Waals surface area contributed by atoms with E-state index < -0.39 is 15.8 Å². The number of fused-ring (bicyclic) bond motifs is 1. The summed E-state index contributed by atoms with van der Waals surface area (Å²) in [6.07, 6.45) is 0.864. The van der Waals surface area contributed by atoms with Gasteiger partial charge in [0, 0.05) is 18.8 Å². The summed E-state index contributed by atoms with van der Waals surface area (Å²) in [7, 11) is -2.39. The van der Waals surface area contributed by atoms with Gasteiger partial charge in [0.1, 0.15) is 4.90 Å². The molecule has 0 amide bonds. The Morgan fingerprint density at radius 3 is 2.50 bits per heavy atom. The number of benzene rings is 2. The van der Waals surface area contributed by atoms with Gasteiger partial charge in [0.15, 0.2) is 5.58 Å². The summed E-state index contributed by atoms with van der Waals surface area (Å²) in [5, 5.41) is 0.0107. The zero-order chi connectivity index (χ0) is 17.5. The number of nitrogens with one attached hydrogen (secondary N) is 1. The fourth-order valence-corrected chi connectivity index (χ4v) is 3.95. The number of hydrogen-bond donors (Lipinski definition) is 1. The molecule has 1 aromatic heterocycles. The summed E-state index contributed by atoms with van der Waals surface area (Å²) in [4.78, 5) is 11.4. The molecule has 0 aliphatic heterocycles. The SMILES string of the molecule is CCc1ccc(NS(=O)(=O)c2cc3oc(=O)n(C)c3cc2Cl)cc1. The fourth-order valence-electron chi connectivity index (χ4n) is 2.35. The first-order valence-corrected chi connectivity index (χ1v) is 9.09. The van der Waals surface area contributed by atoms with E-state index in [1.54, 1.807) is 12.1 Å². The topological polar surface area (TPSA) is 81.3 Å². The number of hydrogen-bond acceptors (Lipinski definition) is 4. The van der Waals surface area contributed by atoms with Gasteiger partial charge >= 0.3 is 5.76 Å². The van der Waals surface area contributed by atoms with E-state index >= 15 is 0 Å². The highest BCUT2D eigenvalue weighted by molar-refractivity contribution is 7.92. The number of anilines is 1. The van der Waals surface area contributed by atoms with Gasteiger partial charge in [-0.25, -0.2) is 13.2 Å². The maximum absolute atomic E-state index is 12.6. The lowest BCUT2D eigenvalue weighted by Gasteiger charge is -2.10. The number of sulfonamides is 1. The fraction of sp³-hybridized carbons (Fsp3) is 0.188. The summed E-state index contributed by atoms with van der Waals surface area (Å²) in [6.45, 7) is 2.02. The molecular weight excluding hydrogens is 352 g/mol. The van der Waals surface area contributed by atoms with Gasteiger partial charge < -0.3 is 4.42 Å². The number of halogens is 1. The van der Waals surface area contributed by atoms with E-state index in [1.807, 2.05) is 19.1 Å². The van der Waals surface area contributed by atoms with Crippen molar-refractivity contribution in [3.63, 3.8) is 0 Å². The summed E-state index contributed by atoms with van der Waals surface area (Å²) < 4.78 is 33.9. The number of oxazole rings is 1. The largest absolute Gasteiger partial charge is 0.419 e. The molecule has 8 heteroatoms. The molecule has 24 heavy (non-hydrogen) atoms. The van der Waals surface area contributed by atoms with Gasteiger partial charge in [-0.3, -0.25) is 9.29 Å². The van der Waals surface area contributed by atoms with Crippen molar-refractivity contribution in [1.29, 1.82) is 0 Å². The van der Waals surface area contributed by atoms with Gasteiger partial charge in [0.2, 0.25) is 0 Å². The molecule has 0 spiro atoms. The molecule has 126 valence electrons. The first kappa shape index (κ1) is 16.6. The van der Waals surface area contributed by atoms with Crippen LogP contribution in [0.2, 0.25) is 5.02 Å². The van der Waals surface area contributed by atoms with Crippen LogP contribution in [0.25, 0.3) is 11.1 Å². The smallest absolute Gasteiger partial charge is 0.408 e. The Kier molecular flexibility index (Phi) is 4.15. The third-order valence-electron chi connectivity index (χ3n) is 3.75. The third kappa shape index (κ3) is 2.92. The lowest BCUT2D eigenvalue weighted by Crippen LogP contribution is -2.13. The van der Waals surface area contributed by atoms with Gasteiger partial charge in [-0.15, -0.1) is 0 Å². The molecule has 0 aliphatic carbocycles.